The molecule has 1 saturated carbocycles. The number of ether oxygens (including phenoxy) is 2. The van der Waals surface area contributed by atoms with E-state index in [1.807, 2.05) is 18.2 Å². The van der Waals surface area contributed by atoms with Gasteiger partial charge in [0.1, 0.15) is 11.5 Å². The van der Waals surface area contributed by atoms with Crippen LogP contribution < -0.4 is 9.47 Å². The number of benzene rings is 1. The summed E-state index contributed by atoms with van der Waals surface area (Å²) in [4.78, 5) is 0. The van der Waals surface area contributed by atoms with E-state index in [0.717, 1.165) is 29.9 Å². The van der Waals surface area contributed by atoms with Gasteiger partial charge in [0.15, 0.2) is 0 Å². The summed E-state index contributed by atoms with van der Waals surface area (Å²) in [5.74, 6) is 1.50. The average molecular weight is 277 g/mol. The second kappa shape index (κ2) is 7.17. The number of rotatable bonds is 4. The van der Waals surface area contributed by atoms with Crippen LogP contribution >= 0.6 is 0 Å². The highest BCUT2D eigenvalue weighted by Crippen LogP contribution is 2.29. The zero-order valence-corrected chi connectivity index (χ0v) is 12.3. The molecule has 20 heavy (non-hydrogen) atoms. The molecule has 2 rings (SSSR count). The Morgan fingerprint density at radius 2 is 1.90 bits per heavy atom. The molecule has 0 radical (unpaired) electrons. The summed E-state index contributed by atoms with van der Waals surface area (Å²) in [6, 6.07) is 5.60. The van der Waals surface area contributed by atoms with Crippen LogP contribution in [0.4, 0.5) is 0 Å². The van der Waals surface area contributed by atoms with E-state index < -0.39 is 0 Å². The van der Waals surface area contributed by atoms with Crippen molar-refractivity contribution < 1.29 is 14.7 Å². The Hall–Kier alpha value is -1.71. The Labute approximate surface area is 120 Å². The zero-order chi connectivity index (χ0) is 14.4. The lowest BCUT2D eigenvalue weighted by molar-refractivity contribution is 0.182. The van der Waals surface area contributed by atoms with E-state index >= 15 is 0 Å². The molecule has 0 bridgehead atoms. The fourth-order valence-corrected chi connectivity index (χ4v) is 2.62. The molecule has 0 aromatic heterocycles. The van der Waals surface area contributed by atoms with E-state index in [0.29, 0.717) is 5.71 Å². The summed E-state index contributed by atoms with van der Waals surface area (Å²) < 4.78 is 11.4. The molecule has 0 amide bonds. The monoisotopic (exact) mass is 277 g/mol. The summed E-state index contributed by atoms with van der Waals surface area (Å²) in [6.07, 6.45) is 7.45. The van der Waals surface area contributed by atoms with Crippen molar-refractivity contribution in [1.82, 2.24) is 0 Å². The van der Waals surface area contributed by atoms with E-state index in [-0.39, 0.29) is 6.10 Å². The Kier molecular flexibility index (Phi) is 5.27. The van der Waals surface area contributed by atoms with Gasteiger partial charge in [-0.15, -0.1) is 0 Å². The highest BCUT2D eigenvalue weighted by Gasteiger charge is 2.17. The van der Waals surface area contributed by atoms with Gasteiger partial charge in [-0.1, -0.05) is 18.0 Å². The van der Waals surface area contributed by atoms with Crippen molar-refractivity contribution in [3.05, 3.63) is 23.8 Å². The number of hydrogen-bond acceptors (Lipinski definition) is 4. The molecule has 0 saturated heterocycles. The van der Waals surface area contributed by atoms with Crippen LogP contribution in [0.2, 0.25) is 0 Å². The summed E-state index contributed by atoms with van der Waals surface area (Å²) in [5, 5.41) is 12.3. The van der Waals surface area contributed by atoms with Gasteiger partial charge in [0, 0.05) is 11.6 Å². The maximum atomic E-state index is 8.99. The zero-order valence-electron chi connectivity index (χ0n) is 12.3. The first kappa shape index (κ1) is 14.7. The van der Waals surface area contributed by atoms with Gasteiger partial charge < -0.3 is 14.7 Å². The number of hydrogen-bond donors (Lipinski definition) is 1. The fourth-order valence-electron chi connectivity index (χ4n) is 2.62. The molecule has 0 unspecified atom stereocenters. The molecule has 1 aromatic carbocycles. The van der Waals surface area contributed by atoms with Crippen molar-refractivity contribution in [2.45, 2.75) is 51.6 Å². The van der Waals surface area contributed by atoms with Crippen LogP contribution in [-0.2, 0) is 0 Å². The molecule has 1 aliphatic rings. The quantitative estimate of drug-likeness (QED) is 0.392. The molecule has 1 N–H and O–H groups in total. The van der Waals surface area contributed by atoms with Gasteiger partial charge in [-0.3, -0.25) is 0 Å². The molecule has 1 aromatic rings. The third kappa shape index (κ3) is 3.65. The maximum Gasteiger partial charge on any atom is 0.132 e. The summed E-state index contributed by atoms with van der Waals surface area (Å²) >= 11 is 0. The standard InChI is InChI=1S/C16H23NO3/c1-12(17-18)15-10-9-14(19-2)11-16(15)20-13-7-5-3-4-6-8-13/h9-11,13,18H,3-8H2,1-2H3/b17-12+. The van der Waals surface area contributed by atoms with E-state index in [1.54, 1.807) is 14.0 Å². The fraction of sp³-hybridized carbons (Fsp3) is 0.562. The van der Waals surface area contributed by atoms with Crippen molar-refractivity contribution >= 4 is 5.71 Å². The minimum absolute atomic E-state index is 0.245. The van der Waals surface area contributed by atoms with Gasteiger partial charge in [-0.25, -0.2) is 0 Å². The van der Waals surface area contributed by atoms with Gasteiger partial charge in [0.2, 0.25) is 0 Å². The SMILES string of the molecule is COc1ccc(/C(C)=N/O)c(OC2CCCCCC2)c1. The number of oxime groups is 1. The Bertz CT molecular complexity index is 463. The highest BCUT2D eigenvalue weighted by molar-refractivity contribution is 6.00. The van der Waals surface area contributed by atoms with Crippen molar-refractivity contribution in [1.29, 1.82) is 0 Å². The molecule has 4 nitrogen and oxygen atoms in total. The topological polar surface area (TPSA) is 51.0 Å². The maximum absolute atomic E-state index is 8.99. The van der Waals surface area contributed by atoms with Crippen molar-refractivity contribution in [3.8, 4) is 11.5 Å². The lowest BCUT2D eigenvalue weighted by Crippen LogP contribution is -2.16. The van der Waals surface area contributed by atoms with Crippen LogP contribution in [-0.4, -0.2) is 24.1 Å². The molecule has 0 heterocycles. The largest absolute Gasteiger partial charge is 0.497 e. The van der Waals surface area contributed by atoms with Gasteiger partial charge >= 0.3 is 0 Å². The Morgan fingerprint density at radius 1 is 1.20 bits per heavy atom. The first-order chi connectivity index (χ1) is 9.74. The average Bonchev–Trinajstić information content (AvgIpc) is 2.75. The van der Waals surface area contributed by atoms with E-state index in [1.165, 1.54) is 25.7 Å². The van der Waals surface area contributed by atoms with Crippen LogP contribution in [0, 0.1) is 0 Å². The van der Waals surface area contributed by atoms with E-state index in [2.05, 4.69) is 5.16 Å². The minimum atomic E-state index is 0.245. The first-order valence-electron chi connectivity index (χ1n) is 7.28. The minimum Gasteiger partial charge on any atom is -0.497 e. The molecular formula is C16H23NO3. The lowest BCUT2D eigenvalue weighted by atomic mass is 10.1. The molecule has 4 heteroatoms. The molecule has 0 atom stereocenters. The second-order valence-electron chi connectivity index (χ2n) is 5.28. The first-order valence-corrected chi connectivity index (χ1v) is 7.28. The second-order valence-corrected chi connectivity index (χ2v) is 5.28. The van der Waals surface area contributed by atoms with E-state index in [9.17, 15) is 0 Å². The molecule has 1 fully saturated rings. The van der Waals surface area contributed by atoms with Crippen molar-refractivity contribution in [3.63, 3.8) is 0 Å². The van der Waals surface area contributed by atoms with Gasteiger partial charge in [0.05, 0.1) is 18.9 Å². The molecule has 0 spiro atoms. The van der Waals surface area contributed by atoms with Crippen LogP contribution in [0.25, 0.3) is 0 Å². The van der Waals surface area contributed by atoms with Crippen molar-refractivity contribution in [2.75, 3.05) is 7.11 Å². The molecule has 0 aliphatic heterocycles. The van der Waals surface area contributed by atoms with Crippen LogP contribution in [0.1, 0.15) is 51.0 Å². The lowest BCUT2D eigenvalue weighted by Gasteiger charge is -2.19. The van der Waals surface area contributed by atoms with Crippen LogP contribution in [0.5, 0.6) is 11.5 Å². The molecular weight excluding hydrogens is 254 g/mol. The Balaban J connectivity index is 2.22. The predicted octanol–water partition coefficient (Wildman–Crippen LogP) is 4.00. The smallest absolute Gasteiger partial charge is 0.132 e. The highest BCUT2D eigenvalue weighted by atomic mass is 16.5. The third-order valence-electron chi connectivity index (χ3n) is 3.82. The van der Waals surface area contributed by atoms with Gasteiger partial charge in [-0.05, 0) is 44.7 Å². The van der Waals surface area contributed by atoms with Crippen LogP contribution in [0.3, 0.4) is 0 Å². The normalized spacial score (nSPS) is 17.6. The predicted molar refractivity (Wildman–Crippen MR) is 79.1 cm³/mol. The number of methoxy groups -OCH3 is 1. The molecule has 110 valence electrons. The Morgan fingerprint density at radius 3 is 2.50 bits per heavy atom. The summed E-state index contributed by atoms with van der Waals surface area (Å²) in [6.45, 7) is 1.77. The summed E-state index contributed by atoms with van der Waals surface area (Å²) in [5.41, 5.74) is 1.37. The molecule has 1 aliphatic carbocycles. The van der Waals surface area contributed by atoms with Crippen molar-refractivity contribution in [2.24, 2.45) is 5.16 Å². The third-order valence-corrected chi connectivity index (χ3v) is 3.82. The van der Waals surface area contributed by atoms with Gasteiger partial charge in [0.25, 0.3) is 0 Å². The number of nitrogens with zero attached hydrogens (tertiary/aromatic N) is 1. The summed E-state index contributed by atoms with van der Waals surface area (Å²) in [7, 11) is 1.64. The van der Waals surface area contributed by atoms with Crippen LogP contribution in [0.15, 0.2) is 23.4 Å². The van der Waals surface area contributed by atoms with E-state index in [4.69, 9.17) is 14.7 Å². The van der Waals surface area contributed by atoms with Gasteiger partial charge in [-0.2, -0.15) is 0 Å².